The molecule has 0 spiro atoms. The molecule has 0 fully saturated rings. The first kappa shape index (κ1) is 38.6. The molecule has 1 aromatic heterocycles. The van der Waals surface area contributed by atoms with Crippen molar-refractivity contribution in [3.63, 3.8) is 0 Å². The molecule has 1 aliphatic carbocycles. The van der Waals surface area contributed by atoms with Crippen LogP contribution in [-0.4, -0.2) is 80.3 Å². The summed E-state index contributed by atoms with van der Waals surface area (Å²) in [6.45, 7) is 0. The molecule has 310 valence electrons. The zero-order valence-electron chi connectivity index (χ0n) is 32.2. The van der Waals surface area contributed by atoms with Gasteiger partial charge in [0.15, 0.2) is 34.3 Å². The van der Waals surface area contributed by atoms with Crippen LogP contribution in [0.4, 0.5) is 0 Å². The molecule has 1 unspecified atom stereocenters. The summed E-state index contributed by atoms with van der Waals surface area (Å²) in [6, 6.07) is 26.6. The van der Waals surface area contributed by atoms with Gasteiger partial charge >= 0.3 is 0 Å². The van der Waals surface area contributed by atoms with Gasteiger partial charge in [0.1, 0.15) is 42.6 Å². The van der Waals surface area contributed by atoms with Crippen LogP contribution in [0.3, 0.4) is 0 Å². The third-order valence-electron chi connectivity index (χ3n) is 11.9. The first-order chi connectivity index (χ1) is 30.1. The van der Waals surface area contributed by atoms with Crippen LogP contribution in [0.25, 0.3) is 93.2 Å². The quantitative estimate of drug-likeness (QED) is 0.0342. The maximum atomic E-state index is 12.5. The monoisotopic (exact) mass is 842 g/mol. The van der Waals surface area contributed by atoms with Gasteiger partial charge in [-0.1, -0.05) is 84.9 Å². The van der Waals surface area contributed by atoms with E-state index in [-0.39, 0.29) is 38.5 Å². The van der Waals surface area contributed by atoms with Crippen LogP contribution in [0.2, 0.25) is 0 Å². The highest BCUT2D eigenvalue weighted by Crippen LogP contribution is 2.57. The van der Waals surface area contributed by atoms with Gasteiger partial charge in [-0.15, -0.1) is 0 Å². The molecule has 1 aliphatic rings. The van der Waals surface area contributed by atoms with Crippen molar-refractivity contribution in [2.45, 2.75) is 12.5 Å². The van der Waals surface area contributed by atoms with E-state index in [4.69, 9.17) is 12.3 Å². The van der Waals surface area contributed by atoms with Gasteiger partial charge in [0.05, 0.1) is 21.9 Å². The van der Waals surface area contributed by atoms with Crippen molar-refractivity contribution in [3.05, 3.63) is 114 Å². The summed E-state index contributed by atoms with van der Waals surface area (Å²) in [4.78, 5) is 0. The number of rotatable bonds is 4. The highest BCUT2D eigenvalue weighted by molar-refractivity contribution is 6.41. The highest BCUT2D eigenvalue weighted by atomic mass is 16.4. The number of allylic oxidation sites excluding steroid dienone is 1. The molecule has 0 aliphatic heterocycles. The van der Waals surface area contributed by atoms with E-state index in [1.54, 1.807) is 42.5 Å². The number of furan rings is 1. The fourth-order valence-electron chi connectivity index (χ4n) is 8.99. The zero-order valence-corrected chi connectivity index (χ0v) is 32.2. The minimum atomic E-state index is -1.77. The van der Waals surface area contributed by atoms with E-state index in [1.807, 2.05) is 48.5 Å². The standard InChI is InChI=1S/C48H31BO14/c49-36-40(55)35-32(43(58)44(36)59)31(33-37(52)24(50)16-25(51)38(33)53)39(54)34-30-23(10-5-11-26(30)63-48(34)35)29-21-8-3-1-6-19(21)27(20-7-2-4-9-22(20)29)17-12-14-18(15-13-17)28-41(56)45(60)47(62)46(61)42(28)57/h1-15,24,50-62H,16H2. The number of aromatic hydroxyl groups is 9. The Morgan fingerprint density at radius 1 is 0.444 bits per heavy atom. The number of hydrogen-bond acceptors (Lipinski definition) is 14. The molecular weight excluding hydrogens is 811 g/mol. The molecule has 8 aromatic carbocycles. The molecule has 15 heteroatoms. The lowest BCUT2D eigenvalue weighted by Crippen LogP contribution is -2.20. The zero-order chi connectivity index (χ0) is 44.5. The summed E-state index contributed by atoms with van der Waals surface area (Å²) in [6.07, 6.45) is -2.35. The van der Waals surface area contributed by atoms with E-state index in [2.05, 4.69) is 0 Å². The minimum Gasteiger partial charge on any atom is -0.509 e. The van der Waals surface area contributed by atoms with Crippen molar-refractivity contribution in [2.24, 2.45) is 0 Å². The Balaban J connectivity index is 1.30. The number of benzene rings is 8. The first-order valence-corrected chi connectivity index (χ1v) is 19.2. The molecular formula is C48H31BO14. The lowest BCUT2D eigenvalue weighted by molar-refractivity contribution is 0.131. The van der Waals surface area contributed by atoms with Crippen LogP contribution in [0.1, 0.15) is 12.0 Å². The molecule has 0 amide bonds. The van der Waals surface area contributed by atoms with Crippen LogP contribution in [0.5, 0.6) is 51.7 Å². The van der Waals surface area contributed by atoms with Crippen LogP contribution < -0.4 is 5.46 Å². The van der Waals surface area contributed by atoms with Crippen molar-refractivity contribution in [1.29, 1.82) is 0 Å². The molecule has 2 radical (unpaired) electrons. The molecule has 1 heterocycles. The molecule has 14 nitrogen and oxygen atoms in total. The molecule has 1 atom stereocenters. The number of phenolic OH excluding ortho intramolecular Hbond substituents is 9. The SMILES string of the molecule is [B]c1c(O)c(O)c2c(C3=C(O)C(O)CC(O)=C3O)c(O)c3c(oc4cccc(-c5c6ccccc6c(-c6ccc(-c7c(O)c(O)c(O)c(O)c7O)cc6)c6ccccc56)c43)c2c1O. The third kappa shape index (κ3) is 5.17. The summed E-state index contributed by atoms with van der Waals surface area (Å²) >= 11 is 0. The predicted molar refractivity (Wildman–Crippen MR) is 235 cm³/mol. The molecule has 10 rings (SSSR count). The van der Waals surface area contributed by atoms with Crippen molar-refractivity contribution in [2.75, 3.05) is 0 Å². The fourth-order valence-corrected chi connectivity index (χ4v) is 8.99. The Hall–Kier alpha value is -8.56. The summed E-state index contributed by atoms with van der Waals surface area (Å²) in [5.74, 6) is -10.9. The van der Waals surface area contributed by atoms with E-state index in [9.17, 15) is 66.4 Å². The average molecular weight is 843 g/mol. The molecule has 0 saturated carbocycles. The van der Waals surface area contributed by atoms with Crippen LogP contribution in [0.15, 0.2) is 113 Å². The summed E-state index contributed by atoms with van der Waals surface area (Å²) in [7, 11) is 6.06. The lowest BCUT2D eigenvalue weighted by atomic mass is 9.82. The van der Waals surface area contributed by atoms with E-state index >= 15 is 0 Å². The minimum absolute atomic E-state index is 0.0961. The second-order valence-corrected chi connectivity index (χ2v) is 15.2. The van der Waals surface area contributed by atoms with Crippen LogP contribution >= 0.6 is 0 Å². The van der Waals surface area contributed by atoms with Gasteiger partial charge < -0.3 is 70.8 Å². The topological polar surface area (TPSA) is 276 Å². The van der Waals surface area contributed by atoms with Crippen molar-refractivity contribution in [3.8, 4) is 85.1 Å². The predicted octanol–water partition coefficient (Wildman–Crippen LogP) is 8.55. The van der Waals surface area contributed by atoms with Crippen molar-refractivity contribution >= 4 is 73.1 Å². The molecule has 9 aromatic rings. The summed E-state index contributed by atoms with van der Waals surface area (Å²) in [5.41, 5.74) is 0.491. The Kier molecular flexibility index (Phi) is 8.26. The second kappa shape index (κ2) is 13.5. The molecule has 0 bridgehead atoms. The maximum absolute atomic E-state index is 12.5. The van der Waals surface area contributed by atoms with Gasteiger partial charge in [-0.2, -0.15) is 0 Å². The number of fused-ring (bicyclic) bond motifs is 7. The Morgan fingerprint density at radius 2 is 0.952 bits per heavy atom. The summed E-state index contributed by atoms with van der Waals surface area (Å²) < 4.78 is 6.38. The van der Waals surface area contributed by atoms with Gasteiger partial charge in [0.25, 0.3) is 0 Å². The van der Waals surface area contributed by atoms with E-state index in [0.29, 0.717) is 27.5 Å². The Morgan fingerprint density at radius 3 is 1.52 bits per heavy atom. The number of aliphatic hydroxyl groups is 4. The average Bonchev–Trinajstić information content (AvgIpc) is 3.69. The summed E-state index contributed by atoms with van der Waals surface area (Å²) in [5, 5.41) is 144. The lowest BCUT2D eigenvalue weighted by Gasteiger charge is -2.24. The van der Waals surface area contributed by atoms with Crippen LogP contribution in [-0.2, 0) is 0 Å². The van der Waals surface area contributed by atoms with Crippen molar-refractivity contribution in [1.82, 2.24) is 0 Å². The van der Waals surface area contributed by atoms with Crippen molar-refractivity contribution < 1.29 is 70.8 Å². The molecule has 13 N–H and O–H groups in total. The van der Waals surface area contributed by atoms with Gasteiger partial charge in [0.2, 0.25) is 17.2 Å². The van der Waals surface area contributed by atoms with E-state index in [0.717, 1.165) is 16.3 Å². The first-order valence-electron chi connectivity index (χ1n) is 19.2. The van der Waals surface area contributed by atoms with Gasteiger partial charge in [-0.05, 0) is 60.9 Å². The smallest absolute Gasteiger partial charge is 0.208 e. The molecule has 63 heavy (non-hydrogen) atoms. The van der Waals surface area contributed by atoms with E-state index in [1.165, 1.54) is 0 Å². The highest BCUT2D eigenvalue weighted by Gasteiger charge is 2.36. The fraction of sp³-hybridized carbons (Fsp3) is 0.0417. The van der Waals surface area contributed by atoms with Gasteiger partial charge in [0, 0.05) is 22.8 Å². The van der Waals surface area contributed by atoms with E-state index < -0.39 is 104 Å². The number of aliphatic hydroxyl groups excluding tert-OH is 4. The third-order valence-corrected chi connectivity index (χ3v) is 11.9. The van der Waals surface area contributed by atoms with Crippen LogP contribution in [0, 0.1) is 0 Å². The van der Waals surface area contributed by atoms with Gasteiger partial charge in [-0.3, -0.25) is 0 Å². The van der Waals surface area contributed by atoms with Gasteiger partial charge in [-0.25, -0.2) is 0 Å². The number of hydrogen-bond donors (Lipinski definition) is 13. The Labute approximate surface area is 354 Å². The Bertz CT molecular complexity index is 3500. The maximum Gasteiger partial charge on any atom is 0.208 e. The number of phenols is 9. The largest absolute Gasteiger partial charge is 0.509 e. The second-order valence-electron chi connectivity index (χ2n) is 15.2. The normalized spacial score (nSPS) is 14.6. The molecule has 0 saturated heterocycles.